The van der Waals surface area contributed by atoms with Crippen LogP contribution < -0.4 is 35.4 Å². The summed E-state index contributed by atoms with van der Waals surface area (Å²) >= 11 is 0. The lowest BCUT2D eigenvalue weighted by Gasteiger charge is -2.35. The highest BCUT2D eigenvalue weighted by atomic mass is 16.5. The zero-order chi connectivity index (χ0) is 59.9. The van der Waals surface area contributed by atoms with E-state index >= 15 is 0 Å². The number of Topliss-reactive ketones (excluding diaryl/α,β-unsaturated/α-hetero) is 1. The van der Waals surface area contributed by atoms with Crippen LogP contribution in [0.2, 0.25) is 0 Å². The average Bonchev–Trinajstić information content (AvgIpc) is 1.36. The molecule has 0 bridgehead atoms. The second-order valence-electron chi connectivity index (χ2n) is 23.9. The molecule has 13 nitrogen and oxygen atoms in total. The summed E-state index contributed by atoms with van der Waals surface area (Å²) in [5.41, 5.74) is 11.8. The lowest BCUT2D eigenvalue weighted by atomic mass is 9.80. The molecule has 12 rings (SSSR count). The molecule has 5 aliphatic heterocycles. The number of amides is 3. The molecule has 5 heterocycles. The summed E-state index contributed by atoms with van der Waals surface area (Å²) in [5, 5.41) is 19.1. The molecule has 0 radical (unpaired) electrons. The van der Waals surface area contributed by atoms with Gasteiger partial charge in [-0.2, -0.15) is 0 Å². The third-order valence-electron chi connectivity index (χ3n) is 18.3. The van der Waals surface area contributed by atoms with Gasteiger partial charge in [-0.1, -0.05) is 104 Å². The van der Waals surface area contributed by atoms with Crippen molar-refractivity contribution in [2.45, 2.75) is 115 Å². The Kier molecular flexibility index (Phi) is 17.9. The number of rotatable bonds is 22. The number of hydrogen-bond donors (Lipinski definition) is 3. The molecule has 13 heteroatoms. The van der Waals surface area contributed by atoms with Crippen molar-refractivity contribution >= 4 is 46.4 Å². The monoisotopic (exact) mass is 1160 g/mol. The van der Waals surface area contributed by atoms with Crippen LogP contribution in [0.3, 0.4) is 0 Å². The van der Waals surface area contributed by atoms with Gasteiger partial charge in [-0.25, -0.2) is 9.37 Å². The molecule has 0 aliphatic carbocycles. The largest absolute Gasteiger partial charge is 0.478 e. The number of aromatic carboxylic acids is 1. The molecular formula is C74H78N5O8+. The van der Waals surface area contributed by atoms with E-state index in [9.17, 15) is 29.1 Å². The minimum Gasteiger partial charge on any atom is -0.478 e. The van der Waals surface area contributed by atoms with Gasteiger partial charge >= 0.3 is 5.97 Å². The van der Waals surface area contributed by atoms with Crippen LogP contribution in [0.15, 0.2) is 146 Å². The number of ether oxygens (including phenoxy) is 2. The number of fused-ring (bicyclic) bond motifs is 4. The van der Waals surface area contributed by atoms with E-state index in [4.69, 9.17) is 9.47 Å². The fraction of sp³-hybridized carbons (Fsp3) is 0.351. The first kappa shape index (κ1) is 58.7. The summed E-state index contributed by atoms with van der Waals surface area (Å²) in [6.45, 7) is 6.70. The zero-order valence-corrected chi connectivity index (χ0v) is 50.0. The lowest BCUT2D eigenvalue weighted by molar-refractivity contribution is -0.127. The summed E-state index contributed by atoms with van der Waals surface area (Å²) in [5.74, 6) is -0.100. The first-order valence-corrected chi connectivity index (χ1v) is 31.7. The molecule has 7 aromatic rings. The Hall–Kier alpha value is -8.68. The number of carboxylic acids is 1. The maximum atomic E-state index is 14.3. The predicted octanol–water partition coefficient (Wildman–Crippen LogP) is 11.3. The van der Waals surface area contributed by atoms with Gasteiger partial charge in [0.2, 0.25) is 11.3 Å². The Labute approximate surface area is 509 Å². The highest BCUT2D eigenvalue weighted by Crippen LogP contribution is 2.49. The van der Waals surface area contributed by atoms with Gasteiger partial charge < -0.3 is 35.0 Å². The van der Waals surface area contributed by atoms with Gasteiger partial charge in [0.05, 0.1) is 11.1 Å². The van der Waals surface area contributed by atoms with Gasteiger partial charge in [0.1, 0.15) is 36.8 Å². The highest BCUT2D eigenvalue weighted by molar-refractivity contribution is 6.03. The van der Waals surface area contributed by atoms with Crippen molar-refractivity contribution in [1.82, 2.24) is 14.8 Å². The average molecular weight is 1170 g/mol. The smallest absolute Gasteiger partial charge is 0.336 e. The van der Waals surface area contributed by atoms with Crippen molar-refractivity contribution in [3.8, 4) is 11.5 Å². The second-order valence-corrected chi connectivity index (χ2v) is 23.9. The van der Waals surface area contributed by atoms with Crippen LogP contribution in [0.4, 0.5) is 11.4 Å². The molecule has 0 aromatic heterocycles. The van der Waals surface area contributed by atoms with Crippen molar-refractivity contribution in [2.24, 2.45) is 0 Å². The van der Waals surface area contributed by atoms with Crippen LogP contribution >= 0.6 is 0 Å². The predicted molar refractivity (Wildman–Crippen MR) is 340 cm³/mol. The summed E-state index contributed by atoms with van der Waals surface area (Å²) < 4.78 is 16.5. The Morgan fingerprint density at radius 3 is 1.99 bits per heavy atom. The molecular weight excluding hydrogens is 1090 g/mol. The third-order valence-corrected chi connectivity index (χ3v) is 18.3. The van der Waals surface area contributed by atoms with E-state index in [1.54, 1.807) is 47.4 Å². The number of carbonyl (C=O) groups is 5. The second kappa shape index (κ2) is 26.5. The van der Waals surface area contributed by atoms with Gasteiger partial charge in [0, 0.05) is 108 Å². The Bertz CT molecular complexity index is 3770. The SMILES string of the molecule is CCN(CCNC(=O)c1ccc(C(=O)O)c(C2=c3cc4c5c(c3Oc3c2cc2c6c3CCCN6CCCC2)CCC[N+]=5CCCC4)c1)C(=O)c1ccc(NC(=O)CCCCCCC(=O)COC(c2ccccc2)(c2ccccc2)c2ccccc2)cc1. The molecule has 0 unspecified atom stereocenters. The number of benzene rings is 7. The van der Waals surface area contributed by atoms with Gasteiger partial charge in [0.25, 0.3) is 11.8 Å². The van der Waals surface area contributed by atoms with E-state index in [0.29, 0.717) is 54.6 Å². The maximum absolute atomic E-state index is 14.3. The van der Waals surface area contributed by atoms with Crippen molar-refractivity contribution in [1.29, 1.82) is 0 Å². The summed E-state index contributed by atoms with van der Waals surface area (Å²) in [6.07, 6.45) is 13.7. The minimum absolute atomic E-state index is 0.0247. The summed E-state index contributed by atoms with van der Waals surface area (Å²) in [6, 6.07) is 46.4. The fourth-order valence-corrected chi connectivity index (χ4v) is 14.1. The van der Waals surface area contributed by atoms with Crippen LogP contribution in [0, 0.1) is 0 Å². The molecule has 446 valence electrons. The van der Waals surface area contributed by atoms with Crippen molar-refractivity contribution in [2.75, 3.05) is 62.6 Å². The van der Waals surface area contributed by atoms with Crippen molar-refractivity contribution in [3.05, 3.63) is 223 Å². The Morgan fingerprint density at radius 1 is 0.644 bits per heavy atom. The standard InChI is InChI=1S/C74H77N5O8/c1-2-77(72(83)50-34-37-57(38-35-50)76-65(81)33-15-4-3-14-30-58(80)49-86-74(54-24-8-5-9-25-54,55-26-10-6-11-27-55)56-28-12-7-13-29-56)45-40-75-71(82)53-36-39-59(73(84)85)62(48-53)66-63-46-51-22-16-18-41-78-43-20-31-60(67(51)78)69(63)87-70-61-32-21-44-79-42-19-17-23-52(68(61)79)47-64(66)70/h5-13,24-29,34-39,46-48H,2-4,14-23,30-33,40-45,49H2,1H3,(H2-,75,76,81,82,83,84,85)/p+1. The number of carbonyl (C=O) groups excluding carboxylic acids is 4. The van der Waals surface area contributed by atoms with E-state index in [1.807, 2.05) is 97.9 Å². The number of ketones is 1. The number of hydrogen-bond acceptors (Lipinski definition) is 8. The molecule has 0 saturated carbocycles. The molecule has 3 amide bonds. The van der Waals surface area contributed by atoms with Gasteiger partial charge in [-0.15, -0.1) is 0 Å². The number of unbranched alkanes of at least 4 members (excludes halogenated alkanes) is 3. The number of likely N-dealkylation sites (N-methyl/N-ethyl adjacent to an activating group) is 1. The molecule has 5 aliphatic rings. The molecule has 87 heavy (non-hydrogen) atoms. The van der Waals surface area contributed by atoms with Gasteiger partial charge in [0.15, 0.2) is 5.78 Å². The molecule has 0 atom stereocenters. The van der Waals surface area contributed by atoms with Crippen LogP contribution in [-0.4, -0.2) is 91.9 Å². The first-order chi connectivity index (χ1) is 42.6. The fourth-order valence-electron chi connectivity index (χ4n) is 14.1. The molecule has 7 aromatic carbocycles. The first-order valence-electron chi connectivity index (χ1n) is 31.7. The Balaban J connectivity index is 0.665. The van der Waals surface area contributed by atoms with Gasteiger partial charge in [-0.3, -0.25) is 19.2 Å². The number of carboxylic acid groups (broad SMARTS) is 1. The highest BCUT2D eigenvalue weighted by Gasteiger charge is 2.39. The normalized spacial score (nSPS) is 14.9. The van der Waals surface area contributed by atoms with E-state index in [1.165, 1.54) is 33.3 Å². The number of anilines is 2. The van der Waals surface area contributed by atoms with Crippen LogP contribution in [0.25, 0.3) is 5.57 Å². The van der Waals surface area contributed by atoms with Crippen molar-refractivity contribution in [3.63, 3.8) is 0 Å². The number of nitrogens with one attached hydrogen (secondary N) is 2. The number of aryl methyl sites for hydroxylation is 2. The number of nitrogens with zero attached hydrogens (tertiary/aromatic N) is 3. The lowest BCUT2D eigenvalue weighted by Crippen LogP contribution is -2.41. The molecule has 0 spiro atoms. The molecule has 0 fully saturated rings. The minimum atomic E-state index is -1.07. The third kappa shape index (κ3) is 12.2. The Morgan fingerprint density at radius 2 is 1.29 bits per heavy atom. The van der Waals surface area contributed by atoms with Crippen molar-refractivity contribution < 1.29 is 38.6 Å². The van der Waals surface area contributed by atoms with Crippen LogP contribution in [0.1, 0.15) is 165 Å². The zero-order valence-electron chi connectivity index (χ0n) is 50.0. The quantitative estimate of drug-likeness (QED) is 0.0341. The van der Waals surface area contributed by atoms with E-state index < -0.39 is 11.6 Å². The topological polar surface area (TPSA) is 158 Å². The van der Waals surface area contributed by atoms with Crippen LogP contribution in [0.5, 0.6) is 11.5 Å². The maximum Gasteiger partial charge on any atom is 0.336 e. The molecule has 3 N–H and O–H groups in total. The van der Waals surface area contributed by atoms with E-state index in [2.05, 4.69) is 32.2 Å². The summed E-state index contributed by atoms with van der Waals surface area (Å²) in [4.78, 5) is 72.1. The molecule has 0 saturated heterocycles. The van der Waals surface area contributed by atoms with Gasteiger partial charge in [-0.05, 0) is 154 Å². The van der Waals surface area contributed by atoms with E-state index in [0.717, 1.165) is 148 Å². The van der Waals surface area contributed by atoms with E-state index in [-0.39, 0.29) is 48.8 Å². The van der Waals surface area contributed by atoms with Crippen LogP contribution in [-0.2, 0) is 45.6 Å². The summed E-state index contributed by atoms with van der Waals surface area (Å²) in [7, 11) is 0.